The number of fused-ring (bicyclic) bond motifs is 1. The molecule has 0 aliphatic heterocycles. The fourth-order valence-electron chi connectivity index (χ4n) is 1.86. The lowest BCUT2D eigenvalue weighted by Crippen LogP contribution is -2.00. The first kappa shape index (κ1) is 14.4. The smallest absolute Gasteiger partial charge is 0.237 e. The summed E-state index contributed by atoms with van der Waals surface area (Å²) in [6.45, 7) is 4.39. The highest BCUT2D eigenvalue weighted by Gasteiger charge is 2.17. The number of aryl methyl sites for hydroxylation is 1. The van der Waals surface area contributed by atoms with Gasteiger partial charge in [-0.2, -0.15) is 0 Å². The fourth-order valence-corrected chi connectivity index (χ4v) is 3.63. The van der Waals surface area contributed by atoms with Crippen LogP contribution in [0.5, 0.6) is 5.75 Å². The minimum absolute atomic E-state index is 0.583. The van der Waals surface area contributed by atoms with Crippen molar-refractivity contribution >= 4 is 29.2 Å². The van der Waals surface area contributed by atoms with Gasteiger partial charge in [-0.3, -0.25) is 4.98 Å². The van der Waals surface area contributed by atoms with Crippen molar-refractivity contribution < 1.29 is 9.05 Å². The molecule has 19 heavy (non-hydrogen) atoms. The van der Waals surface area contributed by atoms with E-state index in [1.54, 1.807) is 0 Å². The van der Waals surface area contributed by atoms with Crippen molar-refractivity contribution in [2.24, 2.45) is 0 Å². The van der Waals surface area contributed by atoms with Crippen molar-refractivity contribution in [1.82, 2.24) is 4.98 Å². The molecule has 3 nitrogen and oxygen atoms in total. The van der Waals surface area contributed by atoms with Gasteiger partial charge in [-0.15, -0.1) is 0 Å². The van der Waals surface area contributed by atoms with Crippen LogP contribution in [-0.2, 0) is 16.3 Å². The summed E-state index contributed by atoms with van der Waals surface area (Å²) >= 11 is 5.49. The van der Waals surface area contributed by atoms with Crippen molar-refractivity contribution in [2.75, 3.05) is 12.8 Å². The minimum atomic E-state index is -2.20. The number of hydrogen-bond donors (Lipinski definition) is 0. The first-order valence-corrected chi connectivity index (χ1v) is 9.19. The molecule has 0 bridgehead atoms. The molecule has 0 fully saturated rings. The first-order valence-electron chi connectivity index (χ1n) is 6.36. The van der Waals surface area contributed by atoms with Gasteiger partial charge >= 0.3 is 0 Å². The summed E-state index contributed by atoms with van der Waals surface area (Å²) in [4.78, 5) is 4.33. The van der Waals surface area contributed by atoms with E-state index in [0.29, 0.717) is 6.61 Å². The Morgan fingerprint density at radius 2 is 2.05 bits per heavy atom. The number of rotatable bonds is 5. The van der Waals surface area contributed by atoms with Crippen LogP contribution in [0.1, 0.15) is 19.4 Å². The molecule has 1 aromatic carbocycles. The molecule has 5 heteroatoms. The second-order valence-electron chi connectivity index (χ2n) is 4.24. The predicted molar refractivity (Wildman–Crippen MR) is 83.6 cm³/mol. The average Bonchev–Trinajstić information content (AvgIpc) is 2.40. The standard InChI is InChI=1S/C14H18NO2PS/c1-4-16-18(19,5-2)17-12-6-7-14-13(10-12)11(3)8-9-15-14/h6-10H,4-5H2,1-3H3. The summed E-state index contributed by atoms with van der Waals surface area (Å²) in [7, 11) is 0. The molecule has 0 N–H and O–H groups in total. The molecular weight excluding hydrogens is 277 g/mol. The molecule has 0 amide bonds. The largest absolute Gasteiger partial charge is 0.443 e. The van der Waals surface area contributed by atoms with Crippen LogP contribution in [0, 0.1) is 6.92 Å². The molecule has 1 unspecified atom stereocenters. The number of aromatic nitrogens is 1. The summed E-state index contributed by atoms with van der Waals surface area (Å²) in [5.74, 6) is 0.766. The Bertz CT molecular complexity index is 630. The fraction of sp³-hybridized carbons (Fsp3) is 0.357. The molecule has 1 heterocycles. The Hall–Kier alpha value is -0.960. The first-order chi connectivity index (χ1) is 9.08. The van der Waals surface area contributed by atoms with E-state index < -0.39 is 6.49 Å². The van der Waals surface area contributed by atoms with E-state index in [9.17, 15) is 0 Å². The second-order valence-corrected chi connectivity index (χ2v) is 8.21. The summed E-state index contributed by atoms with van der Waals surface area (Å²) in [5, 5.41) is 1.09. The summed E-state index contributed by atoms with van der Waals surface area (Å²) in [6, 6.07) is 7.85. The predicted octanol–water partition coefficient (Wildman–Crippen LogP) is 4.29. The summed E-state index contributed by atoms with van der Waals surface area (Å²) in [5.41, 5.74) is 2.14. The van der Waals surface area contributed by atoms with Gasteiger partial charge in [0.25, 0.3) is 0 Å². The monoisotopic (exact) mass is 295 g/mol. The third-order valence-corrected chi connectivity index (χ3v) is 6.12. The number of pyridine rings is 1. The lowest BCUT2D eigenvalue weighted by Gasteiger charge is -2.21. The Labute approximate surface area is 119 Å². The molecule has 2 aromatic rings. The minimum Gasteiger partial charge on any atom is -0.443 e. The van der Waals surface area contributed by atoms with E-state index in [-0.39, 0.29) is 0 Å². The van der Waals surface area contributed by atoms with Crippen LogP contribution in [-0.4, -0.2) is 17.8 Å². The number of benzene rings is 1. The molecule has 0 aliphatic carbocycles. The third-order valence-electron chi connectivity index (χ3n) is 2.89. The molecule has 2 rings (SSSR count). The summed E-state index contributed by atoms with van der Waals surface area (Å²) in [6.07, 6.45) is 2.54. The zero-order valence-corrected chi connectivity index (χ0v) is 13.1. The highest BCUT2D eigenvalue weighted by molar-refractivity contribution is 8.10. The van der Waals surface area contributed by atoms with Crippen LogP contribution in [0.2, 0.25) is 0 Å². The number of nitrogens with zero attached hydrogens (tertiary/aromatic N) is 1. The van der Waals surface area contributed by atoms with Gasteiger partial charge in [-0.05, 0) is 55.5 Å². The quantitative estimate of drug-likeness (QED) is 0.770. The Morgan fingerprint density at radius 3 is 2.74 bits per heavy atom. The second kappa shape index (κ2) is 6.00. The zero-order chi connectivity index (χ0) is 13.9. The molecule has 1 aromatic heterocycles. The van der Waals surface area contributed by atoms with E-state index in [1.165, 1.54) is 5.56 Å². The lowest BCUT2D eigenvalue weighted by molar-refractivity contribution is 0.332. The van der Waals surface area contributed by atoms with Gasteiger partial charge in [-0.25, -0.2) is 0 Å². The van der Waals surface area contributed by atoms with Crippen LogP contribution in [0.15, 0.2) is 30.5 Å². The van der Waals surface area contributed by atoms with E-state index >= 15 is 0 Å². The number of hydrogen-bond acceptors (Lipinski definition) is 4. The van der Waals surface area contributed by atoms with Crippen LogP contribution >= 0.6 is 6.49 Å². The van der Waals surface area contributed by atoms with Crippen LogP contribution in [0.25, 0.3) is 10.9 Å². The van der Waals surface area contributed by atoms with E-state index in [4.69, 9.17) is 20.9 Å². The van der Waals surface area contributed by atoms with Gasteiger partial charge in [0, 0.05) is 17.7 Å². The maximum absolute atomic E-state index is 5.93. The van der Waals surface area contributed by atoms with Gasteiger partial charge in [0.15, 0.2) is 0 Å². The van der Waals surface area contributed by atoms with Crippen molar-refractivity contribution in [2.45, 2.75) is 20.8 Å². The molecule has 0 saturated carbocycles. The third kappa shape index (κ3) is 3.33. The van der Waals surface area contributed by atoms with Crippen molar-refractivity contribution in [1.29, 1.82) is 0 Å². The summed E-state index contributed by atoms with van der Waals surface area (Å²) < 4.78 is 11.5. The topological polar surface area (TPSA) is 31.4 Å². The van der Waals surface area contributed by atoms with E-state index in [1.807, 2.05) is 44.3 Å². The highest BCUT2D eigenvalue weighted by Crippen LogP contribution is 2.48. The van der Waals surface area contributed by atoms with Gasteiger partial charge < -0.3 is 9.05 Å². The molecule has 0 radical (unpaired) electrons. The van der Waals surface area contributed by atoms with Crippen molar-refractivity contribution in [3.05, 3.63) is 36.0 Å². The Kier molecular flexibility index (Phi) is 4.56. The van der Waals surface area contributed by atoms with Gasteiger partial charge in [-0.1, -0.05) is 6.92 Å². The molecule has 0 saturated heterocycles. The molecule has 0 aliphatic rings. The van der Waals surface area contributed by atoms with Crippen molar-refractivity contribution in [3.63, 3.8) is 0 Å². The maximum Gasteiger partial charge on any atom is 0.237 e. The average molecular weight is 295 g/mol. The molecular formula is C14H18NO2PS. The lowest BCUT2D eigenvalue weighted by atomic mass is 10.1. The zero-order valence-electron chi connectivity index (χ0n) is 11.4. The van der Waals surface area contributed by atoms with Crippen LogP contribution < -0.4 is 4.52 Å². The molecule has 102 valence electrons. The Balaban J connectivity index is 2.36. The van der Waals surface area contributed by atoms with Gasteiger partial charge in [0.1, 0.15) is 5.75 Å². The normalized spacial score (nSPS) is 14.3. The Morgan fingerprint density at radius 1 is 1.26 bits per heavy atom. The van der Waals surface area contributed by atoms with Crippen LogP contribution in [0.3, 0.4) is 0 Å². The highest BCUT2D eigenvalue weighted by atomic mass is 32.5. The SMILES string of the molecule is CCOP(=S)(CC)Oc1ccc2nccc(C)c2c1. The van der Waals surface area contributed by atoms with E-state index in [2.05, 4.69) is 11.9 Å². The van der Waals surface area contributed by atoms with Gasteiger partial charge in [0.05, 0.1) is 12.1 Å². The van der Waals surface area contributed by atoms with Crippen LogP contribution in [0.4, 0.5) is 0 Å². The van der Waals surface area contributed by atoms with Crippen molar-refractivity contribution in [3.8, 4) is 5.75 Å². The van der Waals surface area contributed by atoms with Gasteiger partial charge in [0.2, 0.25) is 6.49 Å². The maximum atomic E-state index is 5.93. The van der Waals surface area contributed by atoms with E-state index in [0.717, 1.165) is 22.8 Å². The molecule has 1 atom stereocenters. The molecule has 0 spiro atoms.